The minimum atomic E-state index is -0.176. The van der Waals surface area contributed by atoms with E-state index in [4.69, 9.17) is 4.74 Å². The Morgan fingerprint density at radius 2 is 2.27 bits per heavy atom. The van der Waals surface area contributed by atoms with Gasteiger partial charge in [-0.3, -0.25) is 9.78 Å². The van der Waals surface area contributed by atoms with Crippen molar-refractivity contribution in [3.63, 3.8) is 0 Å². The predicted molar refractivity (Wildman–Crippen MR) is 86.0 cm³/mol. The number of benzene rings is 1. The highest BCUT2D eigenvalue weighted by Crippen LogP contribution is 2.32. The maximum atomic E-state index is 12.0. The average molecular weight is 296 g/mol. The largest absolute Gasteiger partial charge is 0.466 e. The molecular weight excluding hydrogens is 276 g/mol. The van der Waals surface area contributed by atoms with E-state index in [1.54, 1.807) is 6.20 Å². The number of pyridine rings is 1. The first-order valence-corrected chi connectivity index (χ1v) is 7.70. The molecule has 1 N–H and O–H groups in total. The Hall–Kier alpha value is -2.36. The van der Waals surface area contributed by atoms with Crippen LogP contribution in [0.3, 0.4) is 0 Å². The van der Waals surface area contributed by atoms with Gasteiger partial charge >= 0.3 is 5.97 Å². The molecule has 0 bridgehead atoms. The van der Waals surface area contributed by atoms with Crippen LogP contribution in [0.25, 0.3) is 0 Å². The number of nitrogens with zero attached hydrogens (tertiary/aromatic N) is 1. The Morgan fingerprint density at radius 1 is 1.36 bits per heavy atom. The average Bonchev–Trinajstić information content (AvgIpc) is 3.01. The molecule has 114 valence electrons. The zero-order chi connectivity index (χ0) is 15.4. The Labute approximate surface area is 130 Å². The number of hydrogen-bond acceptors (Lipinski definition) is 4. The first-order valence-electron chi connectivity index (χ1n) is 7.70. The van der Waals surface area contributed by atoms with E-state index in [1.807, 2.05) is 25.3 Å². The lowest BCUT2D eigenvalue weighted by atomic mass is 9.88. The van der Waals surface area contributed by atoms with Crippen LogP contribution in [0, 0.1) is 0 Å². The summed E-state index contributed by atoms with van der Waals surface area (Å²) in [6.45, 7) is 3.22. The number of anilines is 1. The van der Waals surface area contributed by atoms with Crippen molar-refractivity contribution in [1.29, 1.82) is 0 Å². The third-order valence-corrected chi connectivity index (χ3v) is 4.01. The highest BCUT2D eigenvalue weighted by molar-refractivity contribution is 5.72. The van der Waals surface area contributed by atoms with E-state index in [1.165, 1.54) is 11.3 Å². The van der Waals surface area contributed by atoms with Crippen molar-refractivity contribution in [2.24, 2.45) is 0 Å². The Balaban J connectivity index is 1.92. The molecule has 4 heteroatoms. The van der Waals surface area contributed by atoms with E-state index in [2.05, 4.69) is 28.5 Å². The second kappa shape index (κ2) is 6.60. The molecule has 0 aliphatic carbocycles. The fraction of sp³-hybridized carbons (Fsp3) is 0.333. The van der Waals surface area contributed by atoms with Crippen molar-refractivity contribution < 1.29 is 9.53 Å². The smallest absolute Gasteiger partial charge is 0.306 e. The zero-order valence-electron chi connectivity index (χ0n) is 12.7. The minimum absolute atomic E-state index is 0.0274. The highest BCUT2D eigenvalue weighted by Gasteiger charge is 2.21. The second-order valence-corrected chi connectivity index (χ2v) is 5.44. The molecule has 3 rings (SSSR count). The molecule has 2 aromatic rings. The van der Waals surface area contributed by atoms with E-state index in [0.717, 1.165) is 24.1 Å². The molecule has 1 aromatic carbocycles. The van der Waals surface area contributed by atoms with Gasteiger partial charge in [0.25, 0.3) is 0 Å². The lowest BCUT2D eigenvalue weighted by Crippen LogP contribution is -2.12. The molecule has 1 aliphatic heterocycles. The van der Waals surface area contributed by atoms with Gasteiger partial charge < -0.3 is 10.1 Å². The number of nitrogens with one attached hydrogen (secondary N) is 1. The van der Waals surface area contributed by atoms with E-state index < -0.39 is 0 Å². The second-order valence-electron chi connectivity index (χ2n) is 5.44. The Kier molecular flexibility index (Phi) is 4.37. The molecule has 2 heterocycles. The van der Waals surface area contributed by atoms with Crippen molar-refractivity contribution in [2.75, 3.05) is 18.5 Å². The van der Waals surface area contributed by atoms with E-state index in [-0.39, 0.29) is 11.9 Å². The highest BCUT2D eigenvalue weighted by atomic mass is 16.5. The van der Waals surface area contributed by atoms with Crippen molar-refractivity contribution in [1.82, 2.24) is 4.98 Å². The monoisotopic (exact) mass is 296 g/mol. The van der Waals surface area contributed by atoms with Gasteiger partial charge in [-0.2, -0.15) is 0 Å². The SMILES string of the molecule is CCOC(=O)CC(c1cccnc1)c1ccc2c(c1)NCC2. The van der Waals surface area contributed by atoms with Crippen LogP contribution in [0.5, 0.6) is 0 Å². The van der Waals surface area contributed by atoms with Crippen molar-refractivity contribution in [3.05, 3.63) is 59.4 Å². The van der Waals surface area contributed by atoms with Crippen molar-refractivity contribution in [2.45, 2.75) is 25.7 Å². The van der Waals surface area contributed by atoms with Crippen molar-refractivity contribution >= 4 is 11.7 Å². The van der Waals surface area contributed by atoms with Gasteiger partial charge in [-0.1, -0.05) is 18.2 Å². The third-order valence-electron chi connectivity index (χ3n) is 4.01. The van der Waals surface area contributed by atoms with Gasteiger partial charge in [-0.25, -0.2) is 0 Å². The van der Waals surface area contributed by atoms with E-state index in [0.29, 0.717) is 13.0 Å². The van der Waals surface area contributed by atoms with E-state index >= 15 is 0 Å². The normalized spacial score (nSPS) is 14.0. The third kappa shape index (κ3) is 3.11. The number of rotatable bonds is 5. The summed E-state index contributed by atoms with van der Waals surface area (Å²) >= 11 is 0. The van der Waals surface area contributed by atoms with E-state index in [9.17, 15) is 4.79 Å². The molecule has 1 aromatic heterocycles. The Bertz CT molecular complexity index is 655. The standard InChI is InChI=1S/C18H20N2O2/c1-2-22-18(21)11-16(15-4-3-8-19-12-15)14-6-5-13-7-9-20-17(13)10-14/h3-6,8,10,12,16,20H,2,7,9,11H2,1H3. The molecule has 1 atom stereocenters. The fourth-order valence-electron chi connectivity index (χ4n) is 2.92. The van der Waals surface area contributed by atoms with Gasteiger partial charge in [0, 0.05) is 30.5 Å². The maximum Gasteiger partial charge on any atom is 0.306 e. The van der Waals surface area contributed by atoms with Crippen molar-refractivity contribution in [3.8, 4) is 0 Å². The molecule has 1 aliphatic rings. The summed E-state index contributed by atoms with van der Waals surface area (Å²) in [6.07, 6.45) is 4.96. The van der Waals surface area contributed by atoms with Gasteiger partial charge in [0.05, 0.1) is 13.0 Å². The molecule has 0 saturated heterocycles. The van der Waals surface area contributed by atoms with Gasteiger partial charge in [0.1, 0.15) is 0 Å². The number of fused-ring (bicyclic) bond motifs is 1. The lowest BCUT2D eigenvalue weighted by Gasteiger charge is -2.18. The first-order chi connectivity index (χ1) is 10.8. The lowest BCUT2D eigenvalue weighted by molar-refractivity contribution is -0.143. The van der Waals surface area contributed by atoms with Crippen LogP contribution in [-0.4, -0.2) is 24.1 Å². The van der Waals surface area contributed by atoms with Gasteiger partial charge in [0.2, 0.25) is 0 Å². The first kappa shape index (κ1) is 14.6. The number of ether oxygens (including phenoxy) is 1. The van der Waals surface area contributed by atoms with Crippen LogP contribution < -0.4 is 5.32 Å². The predicted octanol–water partition coefficient (Wildman–Crippen LogP) is 3.13. The zero-order valence-corrected chi connectivity index (χ0v) is 12.7. The number of esters is 1. The molecule has 0 radical (unpaired) electrons. The summed E-state index contributed by atoms with van der Waals surface area (Å²) in [4.78, 5) is 16.2. The van der Waals surface area contributed by atoms with Gasteiger partial charge in [0.15, 0.2) is 0 Å². The number of hydrogen-bond donors (Lipinski definition) is 1. The Morgan fingerprint density at radius 3 is 3.05 bits per heavy atom. The molecule has 22 heavy (non-hydrogen) atoms. The van der Waals surface area contributed by atoms with Crippen LogP contribution in [0.4, 0.5) is 5.69 Å². The summed E-state index contributed by atoms with van der Waals surface area (Å²) in [6, 6.07) is 10.3. The summed E-state index contributed by atoms with van der Waals surface area (Å²) in [5.41, 5.74) is 4.67. The number of aromatic nitrogens is 1. The quantitative estimate of drug-likeness (QED) is 0.861. The van der Waals surface area contributed by atoms with Crippen LogP contribution in [0.2, 0.25) is 0 Å². The number of carbonyl (C=O) groups excluding carboxylic acids is 1. The summed E-state index contributed by atoms with van der Waals surface area (Å²) in [5, 5.41) is 3.39. The van der Waals surface area contributed by atoms with Crippen LogP contribution >= 0.6 is 0 Å². The minimum Gasteiger partial charge on any atom is -0.466 e. The molecule has 1 unspecified atom stereocenters. The van der Waals surface area contributed by atoms with Crippen LogP contribution in [0.1, 0.15) is 36.0 Å². The summed E-state index contributed by atoms with van der Waals surface area (Å²) in [7, 11) is 0. The maximum absolute atomic E-state index is 12.0. The molecule has 0 amide bonds. The van der Waals surface area contributed by atoms with Gasteiger partial charge in [-0.15, -0.1) is 0 Å². The molecule has 0 fully saturated rings. The van der Waals surface area contributed by atoms with Crippen LogP contribution in [0.15, 0.2) is 42.7 Å². The summed E-state index contributed by atoms with van der Waals surface area (Å²) < 4.78 is 5.13. The summed E-state index contributed by atoms with van der Waals surface area (Å²) in [5.74, 6) is -0.203. The number of carbonyl (C=O) groups is 1. The molecular formula is C18H20N2O2. The molecule has 0 spiro atoms. The molecule has 4 nitrogen and oxygen atoms in total. The van der Waals surface area contributed by atoms with Gasteiger partial charge in [-0.05, 0) is 42.2 Å². The van der Waals surface area contributed by atoms with Crippen LogP contribution in [-0.2, 0) is 16.0 Å². The molecule has 0 saturated carbocycles. The fourth-order valence-corrected chi connectivity index (χ4v) is 2.92. The topological polar surface area (TPSA) is 51.2 Å².